The minimum absolute atomic E-state index is 0.0517. The van der Waals surface area contributed by atoms with E-state index in [1.165, 1.54) is 39.0 Å². The maximum Gasteiger partial charge on any atom is 0.305 e. The van der Waals surface area contributed by atoms with Crippen LogP contribution in [0, 0.1) is 18.6 Å². The molecule has 7 nitrogen and oxygen atoms in total. The summed E-state index contributed by atoms with van der Waals surface area (Å²) in [6.45, 7) is 4.49. The van der Waals surface area contributed by atoms with Gasteiger partial charge in [0.25, 0.3) is 5.91 Å². The zero-order valence-electron chi connectivity index (χ0n) is 17.9. The molecule has 10 heteroatoms. The molecule has 0 radical (unpaired) electrons. The van der Waals surface area contributed by atoms with Crippen molar-refractivity contribution in [2.75, 3.05) is 0 Å². The largest absolute Gasteiger partial charge is 0.505 e. The number of hydrogen-bond donors (Lipinski definition) is 3. The summed E-state index contributed by atoms with van der Waals surface area (Å²) in [5, 5.41) is 21.1. The van der Waals surface area contributed by atoms with Crippen LogP contribution >= 0.6 is 11.6 Å². The lowest BCUT2D eigenvalue weighted by Crippen LogP contribution is -2.37. The van der Waals surface area contributed by atoms with Crippen LogP contribution in [0.3, 0.4) is 0 Å². The number of nitrogens with zero attached hydrogens (tertiary/aromatic N) is 1. The quantitative estimate of drug-likeness (QED) is 0.488. The highest BCUT2D eigenvalue weighted by atomic mass is 35.5. The number of fused-ring (bicyclic) bond motifs is 1. The van der Waals surface area contributed by atoms with Crippen molar-refractivity contribution in [1.29, 1.82) is 0 Å². The number of aromatic hydroxyl groups is 1. The topological polar surface area (TPSA) is 109 Å². The number of carbonyl (C=O) groups excluding carboxylic acids is 2. The van der Waals surface area contributed by atoms with Gasteiger partial charge in [-0.15, -0.1) is 0 Å². The molecule has 3 aromatic rings. The second-order valence-electron chi connectivity index (χ2n) is 7.79. The molecule has 2 atom stereocenters. The molecule has 0 saturated heterocycles. The number of halogens is 3. The molecule has 174 valence electrons. The minimum Gasteiger partial charge on any atom is -0.505 e. The Bertz CT molecular complexity index is 1290. The Balaban J connectivity index is 2.16. The highest BCUT2D eigenvalue weighted by Gasteiger charge is 2.30. The number of phenolic OH excluding ortho intramolecular Hbond substituents is 1. The maximum atomic E-state index is 15.0. The monoisotopic (exact) mass is 478 g/mol. The second kappa shape index (κ2) is 9.19. The van der Waals surface area contributed by atoms with Crippen molar-refractivity contribution in [3.8, 4) is 5.75 Å². The van der Waals surface area contributed by atoms with Gasteiger partial charge in [0.05, 0.1) is 22.9 Å². The first-order valence-corrected chi connectivity index (χ1v) is 10.4. The molecule has 0 spiro atoms. The van der Waals surface area contributed by atoms with Gasteiger partial charge >= 0.3 is 5.97 Å². The van der Waals surface area contributed by atoms with Gasteiger partial charge in [0.2, 0.25) is 5.91 Å². The summed E-state index contributed by atoms with van der Waals surface area (Å²) >= 11 is 5.70. The molecule has 1 unspecified atom stereocenters. The summed E-state index contributed by atoms with van der Waals surface area (Å²) in [6, 6.07) is 5.20. The van der Waals surface area contributed by atoms with Crippen LogP contribution in [0.25, 0.3) is 10.9 Å². The number of carboxylic acid groups (broad SMARTS) is 1. The van der Waals surface area contributed by atoms with Crippen molar-refractivity contribution in [2.24, 2.45) is 0 Å². The zero-order chi connectivity index (χ0) is 24.6. The molecular weight excluding hydrogens is 458 g/mol. The third-order valence-electron chi connectivity index (χ3n) is 5.40. The first kappa shape index (κ1) is 24.2. The molecule has 0 aliphatic carbocycles. The van der Waals surface area contributed by atoms with Crippen molar-refractivity contribution < 1.29 is 33.4 Å². The van der Waals surface area contributed by atoms with Gasteiger partial charge in [0.1, 0.15) is 5.82 Å². The number of carbonyl (C=O) groups is 3. The highest BCUT2D eigenvalue weighted by Crippen LogP contribution is 2.37. The number of rotatable bonds is 6. The summed E-state index contributed by atoms with van der Waals surface area (Å²) in [7, 11) is 0. The van der Waals surface area contributed by atoms with Gasteiger partial charge in [-0.2, -0.15) is 0 Å². The van der Waals surface area contributed by atoms with Crippen LogP contribution in [0.4, 0.5) is 8.78 Å². The van der Waals surface area contributed by atoms with Crippen LogP contribution in [0.15, 0.2) is 30.3 Å². The molecule has 0 bridgehead atoms. The van der Waals surface area contributed by atoms with E-state index in [-0.39, 0.29) is 39.2 Å². The van der Waals surface area contributed by atoms with Crippen LogP contribution < -0.4 is 5.32 Å². The first-order valence-electron chi connectivity index (χ1n) is 9.98. The Morgan fingerprint density at radius 1 is 1.15 bits per heavy atom. The lowest BCUT2D eigenvalue weighted by Gasteiger charge is -2.17. The van der Waals surface area contributed by atoms with Crippen LogP contribution in [-0.2, 0) is 9.59 Å². The summed E-state index contributed by atoms with van der Waals surface area (Å²) in [6.07, 6.45) is -0.311. The normalized spacial score (nSPS) is 13.0. The van der Waals surface area contributed by atoms with Gasteiger partial charge in [-0.25, -0.2) is 8.78 Å². The molecule has 3 rings (SSSR count). The van der Waals surface area contributed by atoms with E-state index in [0.717, 1.165) is 16.7 Å². The molecule has 0 aliphatic rings. The number of nitrogens with one attached hydrogen (secondary N) is 1. The number of carboxylic acids is 1. The number of aromatic nitrogens is 1. The molecule has 1 amide bonds. The van der Waals surface area contributed by atoms with E-state index in [4.69, 9.17) is 16.7 Å². The molecule has 33 heavy (non-hydrogen) atoms. The molecule has 3 N–H and O–H groups in total. The molecule has 0 fully saturated rings. The minimum atomic E-state index is -1.10. The fraction of sp³-hybridized carbons (Fsp3) is 0.261. The van der Waals surface area contributed by atoms with Crippen molar-refractivity contribution in [3.63, 3.8) is 0 Å². The number of phenols is 1. The number of amides is 1. The van der Waals surface area contributed by atoms with Gasteiger partial charge in [0.15, 0.2) is 11.6 Å². The third kappa shape index (κ3) is 4.54. The lowest BCUT2D eigenvalue weighted by atomic mass is 9.96. The number of hydrogen-bond acceptors (Lipinski definition) is 4. The maximum absolute atomic E-state index is 15.0. The van der Waals surface area contributed by atoms with Crippen LogP contribution in [-0.4, -0.2) is 38.6 Å². The zero-order valence-corrected chi connectivity index (χ0v) is 18.7. The van der Waals surface area contributed by atoms with Crippen molar-refractivity contribution in [1.82, 2.24) is 9.88 Å². The van der Waals surface area contributed by atoms with E-state index >= 15 is 4.39 Å². The van der Waals surface area contributed by atoms with Crippen molar-refractivity contribution in [2.45, 2.75) is 39.2 Å². The average molecular weight is 479 g/mol. The Kier molecular flexibility index (Phi) is 6.73. The lowest BCUT2D eigenvalue weighted by molar-refractivity contribution is -0.137. The van der Waals surface area contributed by atoms with E-state index in [1.807, 2.05) is 0 Å². The third-order valence-corrected chi connectivity index (χ3v) is 5.71. The van der Waals surface area contributed by atoms with Gasteiger partial charge < -0.3 is 15.5 Å². The van der Waals surface area contributed by atoms with Crippen LogP contribution in [0.1, 0.15) is 47.8 Å². The number of benzene rings is 2. The van der Waals surface area contributed by atoms with Crippen LogP contribution in [0.2, 0.25) is 5.02 Å². The average Bonchev–Trinajstić information content (AvgIpc) is 3.03. The summed E-state index contributed by atoms with van der Waals surface area (Å²) in [4.78, 5) is 37.0. The molecule has 2 aromatic carbocycles. The number of aliphatic carboxylic acids is 1. The van der Waals surface area contributed by atoms with Crippen molar-refractivity contribution >= 4 is 40.3 Å². The van der Waals surface area contributed by atoms with E-state index < -0.39 is 47.1 Å². The SMILES string of the molecule is Cc1c(C(C)C(=O)N[C@@H](C)CC(=O)O)c2c(F)c(O)ccc2n1C(=O)c1ccc(Cl)c(F)c1. The van der Waals surface area contributed by atoms with Gasteiger partial charge in [-0.05, 0) is 56.7 Å². The second-order valence-corrected chi connectivity index (χ2v) is 8.20. The molecular formula is C23H21ClF2N2O5. The Morgan fingerprint density at radius 3 is 2.42 bits per heavy atom. The molecule has 1 heterocycles. The van der Waals surface area contributed by atoms with Crippen molar-refractivity contribution in [3.05, 3.63) is 63.8 Å². The van der Waals surface area contributed by atoms with E-state index in [1.54, 1.807) is 0 Å². The van der Waals surface area contributed by atoms with Gasteiger partial charge in [-0.1, -0.05) is 11.6 Å². The summed E-state index contributed by atoms with van der Waals surface area (Å²) in [5.41, 5.74) is 0.380. The standard InChI is InChI=1S/C23H21ClF2N2O5/c1-10(8-18(30)31)27-22(32)11(2)19-12(3)28(16-6-7-17(29)21(26)20(16)19)23(33)13-4-5-14(24)15(25)9-13/h4-7,9-11,29H,8H2,1-3H3,(H,27,32)(H,30,31)/t10-,11?/m0/s1. The Morgan fingerprint density at radius 2 is 1.82 bits per heavy atom. The predicted molar refractivity (Wildman–Crippen MR) is 118 cm³/mol. The predicted octanol–water partition coefficient (Wildman–Crippen LogP) is 4.36. The molecule has 1 aromatic heterocycles. The van der Waals surface area contributed by atoms with Crippen LogP contribution in [0.5, 0.6) is 5.75 Å². The summed E-state index contributed by atoms with van der Waals surface area (Å²) in [5.74, 6) is -5.86. The fourth-order valence-electron chi connectivity index (χ4n) is 3.84. The van der Waals surface area contributed by atoms with E-state index in [2.05, 4.69) is 5.32 Å². The Labute approximate surface area is 192 Å². The van der Waals surface area contributed by atoms with Gasteiger partial charge in [0, 0.05) is 22.7 Å². The van der Waals surface area contributed by atoms with E-state index in [9.17, 15) is 23.9 Å². The first-order chi connectivity index (χ1) is 15.4. The fourth-order valence-corrected chi connectivity index (χ4v) is 3.96. The summed E-state index contributed by atoms with van der Waals surface area (Å²) < 4.78 is 30.1. The Hall–Kier alpha value is -3.46. The van der Waals surface area contributed by atoms with Gasteiger partial charge in [-0.3, -0.25) is 19.0 Å². The molecule has 0 saturated carbocycles. The molecule has 0 aliphatic heterocycles. The smallest absolute Gasteiger partial charge is 0.305 e. The van der Waals surface area contributed by atoms with E-state index in [0.29, 0.717) is 0 Å². The highest BCUT2D eigenvalue weighted by molar-refractivity contribution is 6.30.